The van der Waals surface area contributed by atoms with Crippen LogP contribution in [0.25, 0.3) is 0 Å². The van der Waals surface area contributed by atoms with Gasteiger partial charge in [0.1, 0.15) is 5.82 Å². The second kappa shape index (κ2) is 8.31. The van der Waals surface area contributed by atoms with Crippen LogP contribution in [0.4, 0.5) is 10.1 Å². The topological polar surface area (TPSA) is 67.4 Å². The molecule has 1 amide bonds. The van der Waals surface area contributed by atoms with Crippen LogP contribution in [-0.4, -0.2) is 25.5 Å². The minimum absolute atomic E-state index is 0.0311. The van der Waals surface area contributed by atoms with E-state index in [1.165, 1.54) is 25.3 Å². The largest absolute Gasteiger partial charge is 0.465 e. The molecule has 0 fully saturated rings. The fourth-order valence-corrected chi connectivity index (χ4v) is 2.18. The lowest BCUT2D eigenvalue weighted by atomic mass is 10.2. The molecule has 0 aromatic heterocycles. The third-order valence-corrected chi connectivity index (χ3v) is 3.59. The van der Waals surface area contributed by atoms with E-state index in [0.717, 1.165) is 0 Å². The first-order chi connectivity index (χ1) is 11.5. The lowest BCUT2D eigenvalue weighted by Gasteiger charge is -2.10. The Morgan fingerprint density at radius 3 is 2.67 bits per heavy atom. The zero-order chi connectivity index (χ0) is 17.5. The Hall–Kier alpha value is -2.60. The van der Waals surface area contributed by atoms with Gasteiger partial charge in [0.15, 0.2) is 0 Å². The van der Waals surface area contributed by atoms with Gasteiger partial charge in [0.2, 0.25) is 5.91 Å². The van der Waals surface area contributed by atoms with Crippen LogP contribution < -0.4 is 10.6 Å². The number of hydrogen-bond donors (Lipinski definition) is 2. The first-order valence-electron chi connectivity index (χ1n) is 7.13. The van der Waals surface area contributed by atoms with E-state index in [-0.39, 0.29) is 35.4 Å². The van der Waals surface area contributed by atoms with Crippen molar-refractivity contribution in [1.82, 2.24) is 5.32 Å². The molecule has 0 unspecified atom stereocenters. The predicted molar refractivity (Wildman–Crippen MR) is 89.5 cm³/mol. The molecule has 126 valence electrons. The van der Waals surface area contributed by atoms with Crippen LogP contribution in [0.3, 0.4) is 0 Å². The van der Waals surface area contributed by atoms with Crippen molar-refractivity contribution in [2.45, 2.75) is 6.54 Å². The number of nitrogens with one attached hydrogen (secondary N) is 2. The van der Waals surface area contributed by atoms with Crippen LogP contribution in [-0.2, 0) is 16.1 Å². The lowest BCUT2D eigenvalue weighted by molar-refractivity contribution is -0.119. The summed E-state index contributed by atoms with van der Waals surface area (Å²) in [5.41, 5.74) is 1.15. The van der Waals surface area contributed by atoms with Crippen molar-refractivity contribution in [1.29, 1.82) is 0 Å². The summed E-state index contributed by atoms with van der Waals surface area (Å²) < 4.78 is 18.1. The van der Waals surface area contributed by atoms with E-state index >= 15 is 0 Å². The van der Waals surface area contributed by atoms with Crippen molar-refractivity contribution in [2.24, 2.45) is 0 Å². The molecule has 5 nitrogen and oxygen atoms in total. The summed E-state index contributed by atoms with van der Waals surface area (Å²) in [4.78, 5) is 23.4. The third-order valence-electron chi connectivity index (χ3n) is 3.26. The number of anilines is 1. The molecular formula is C17H16ClFN2O3. The highest BCUT2D eigenvalue weighted by Crippen LogP contribution is 2.21. The van der Waals surface area contributed by atoms with E-state index in [1.807, 2.05) is 0 Å². The van der Waals surface area contributed by atoms with E-state index in [1.54, 1.807) is 24.3 Å². The van der Waals surface area contributed by atoms with Crippen LogP contribution in [0.1, 0.15) is 15.9 Å². The molecule has 2 aromatic carbocycles. The first-order valence-corrected chi connectivity index (χ1v) is 7.51. The monoisotopic (exact) mass is 350 g/mol. The van der Waals surface area contributed by atoms with Gasteiger partial charge in [0, 0.05) is 17.8 Å². The van der Waals surface area contributed by atoms with Crippen LogP contribution in [0, 0.1) is 5.82 Å². The molecule has 7 heteroatoms. The van der Waals surface area contributed by atoms with Gasteiger partial charge in [-0.25, -0.2) is 9.18 Å². The fourth-order valence-electron chi connectivity index (χ4n) is 1.98. The summed E-state index contributed by atoms with van der Waals surface area (Å²) in [5.74, 6) is -1.24. The van der Waals surface area contributed by atoms with Crippen LogP contribution in [0.2, 0.25) is 5.02 Å². The average Bonchev–Trinajstić information content (AvgIpc) is 2.59. The number of rotatable bonds is 6. The summed E-state index contributed by atoms with van der Waals surface area (Å²) in [6.07, 6.45) is 0. The Labute approximate surface area is 143 Å². The van der Waals surface area contributed by atoms with Crippen molar-refractivity contribution >= 4 is 29.2 Å². The molecule has 0 aliphatic carbocycles. The minimum atomic E-state index is -0.562. The van der Waals surface area contributed by atoms with E-state index in [0.29, 0.717) is 11.3 Å². The third kappa shape index (κ3) is 4.70. The van der Waals surface area contributed by atoms with Gasteiger partial charge in [-0.05, 0) is 24.3 Å². The highest BCUT2D eigenvalue weighted by atomic mass is 35.5. The Morgan fingerprint density at radius 2 is 1.96 bits per heavy atom. The second-order valence-electron chi connectivity index (χ2n) is 4.91. The Morgan fingerprint density at radius 1 is 1.21 bits per heavy atom. The molecule has 0 bridgehead atoms. The molecule has 2 aromatic rings. The summed E-state index contributed by atoms with van der Waals surface area (Å²) in [6, 6.07) is 10.9. The molecule has 0 aliphatic heterocycles. The van der Waals surface area contributed by atoms with Gasteiger partial charge in [0.25, 0.3) is 0 Å². The summed E-state index contributed by atoms with van der Waals surface area (Å²) >= 11 is 5.92. The van der Waals surface area contributed by atoms with Crippen molar-refractivity contribution in [3.05, 3.63) is 64.4 Å². The maximum atomic E-state index is 13.5. The molecule has 0 radical (unpaired) electrons. The number of methoxy groups -OCH3 is 1. The van der Waals surface area contributed by atoms with Gasteiger partial charge in [-0.15, -0.1) is 0 Å². The second-order valence-corrected chi connectivity index (χ2v) is 5.32. The van der Waals surface area contributed by atoms with Crippen molar-refractivity contribution in [2.75, 3.05) is 19.0 Å². The number of carbonyl (C=O) groups excluding carboxylic acids is 2. The van der Waals surface area contributed by atoms with Gasteiger partial charge in [0.05, 0.1) is 24.2 Å². The van der Waals surface area contributed by atoms with Crippen LogP contribution in [0.5, 0.6) is 0 Å². The standard InChI is InChI=1S/C17H16ClFN2O3/c1-24-17(23)13-8-12(6-7-14(13)18)20-10-16(22)21-9-11-4-2-3-5-15(11)19/h2-8,20H,9-10H2,1H3,(H,21,22). The maximum Gasteiger partial charge on any atom is 0.339 e. The molecule has 0 heterocycles. The van der Waals surface area contributed by atoms with Gasteiger partial charge in [-0.1, -0.05) is 29.8 Å². The molecule has 0 aliphatic rings. The highest BCUT2D eigenvalue weighted by Gasteiger charge is 2.12. The number of amides is 1. The number of benzene rings is 2. The Balaban J connectivity index is 1.90. The van der Waals surface area contributed by atoms with E-state index < -0.39 is 5.97 Å². The number of carbonyl (C=O) groups is 2. The molecule has 24 heavy (non-hydrogen) atoms. The summed E-state index contributed by atoms with van der Waals surface area (Å²) in [7, 11) is 1.26. The van der Waals surface area contributed by atoms with Gasteiger partial charge < -0.3 is 15.4 Å². The Kier molecular flexibility index (Phi) is 6.14. The van der Waals surface area contributed by atoms with Gasteiger partial charge in [-0.2, -0.15) is 0 Å². The van der Waals surface area contributed by atoms with E-state index in [9.17, 15) is 14.0 Å². The summed E-state index contributed by atoms with van der Waals surface area (Å²) in [6.45, 7) is 0.0674. The van der Waals surface area contributed by atoms with E-state index in [4.69, 9.17) is 11.6 Å². The van der Waals surface area contributed by atoms with Crippen molar-refractivity contribution < 1.29 is 18.7 Å². The maximum absolute atomic E-state index is 13.5. The Bertz CT molecular complexity index is 752. The average molecular weight is 351 g/mol. The SMILES string of the molecule is COC(=O)c1cc(NCC(=O)NCc2ccccc2F)ccc1Cl. The minimum Gasteiger partial charge on any atom is -0.465 e. The molecule has 2 N–H and O–H groups in total. The fraction of sp³-hybridized carbons (Fsp3) is 0.176. The summed E-state index contributed by atoms with van der Waals surface area (Å²) in [5, 5.41) is 5.74. The zero-order valence-corrected chi connectivity index (χ0v) is 13.7. The van der Waals surface area contributed by atoms with Gasteiger partial charge >= 0.3 is 5.97 Å². The molecule has 2 rings (SSSR count). The molecule has 0 spiro atoms. The molecular weight excluding hydrogens is 335 g/mol. The number of ether oxygens (including phenoxy) is 1. The van der Waals surface area contributed by atoms with Crippen LogP contribution in [0.15, 0.2) is 42.5 Å². The lowest BCUT2D eigenvalue weighted by Crippen LogP contribution is -2.29. The quantitative estimate of drug-likeness (QED) is 0.786. The van der Waals surface area contributed by atoms with Crippen LogP contribution >= 0.6 is 11.6 Å². The van der Waals surface area contributed by atoms with E-state index in [2.05, 4.69) is 15.4 Å². The highest BCUT2D eigenvalue weighted by molar-refractivity contribution is 6.33. The zero-order valence-electron chi connectivity index (χ0n) is 12.9. The number of hydrogen-bond acceptors (Lipinski definition) is 4. The van der Waals surface area contributed by atoms with Gasteiger partial charge in [-0.3, -0.25) is 4.79 Å². The molecule has 0 atom stereocenters. The van der Waals surface area contributed by atoms with Crippen molar-refractivity contribution in [3.8, 4) is 0 Å². The van der Waals surface area contributed by atoms with Crippen molar-refractivity contribution in [3.63, 3.8) is 0 Å². The molecule has 0 saturated carbocycles. The predicted octanol–water partition coefficient (Wildman–Crippen LogP) is 2.99. The smallest absolute Gasteiger partial charge is 0.339 e. The number of esters is 1. The molecule has 0 saturated heterocycles. The number of halogens is 2. The normalized spacial score (nSPS) is 10.1. The first kappa shape index (κ1) is 17.7.